The Bertz CT molecular complexity index is 619. The maximum absolute atomic E-state index is 6.16. The molecule has 2 aromatic rings. The molecule has 0 aliphatic carbocycles. The Kier molecular flexibility index (Phi) is 3.74. The molecule has 0 N–H and O–H groups in total. The zero-order chi connectivity index (χ0) is 14.3. The number of rotatable bonds is 2. The Balaban J connectivity index is 2.14. The van der Waals surface area contributed by atoms with Crippen molar-refractivity contribution in [2.24, 2.45) is 5.92 Å². The van der Waals surface area contributed by atoms with Crippen LogP contribution in [0.5, 0.6) is 0 Å². The second-order valence-corrected chi connectivity index (χ2v) is 6.34. The summed E-state index contributed by atoms with van der Waals surface area (Å²) in [5.74, 6) is 2.11. The minimum absolute atomic E-state index is 0.479. The minimum Gasteiger partial charge on any atom is -0.323 e. The van der Waals surface area contributed by atoms with Gasteiger partial charge in [0, 0.05) is 12.6 Å². The van der Waals surface area contributed by atoms with Crippen molar-refractivity contribution >= 4 is 22.6 Å². The van der Waals surface area contributed by atoms with Crippen molar-refractivity contribution in [2.45, 2.75) is 32.2 Å². The van der Waals surface area contributed by atoms with Gasteiger partial charge in [-0.3, -0.25) is 0 Å². The lowest BCUT2D eigenvalue weighted by molar-refractivity contribution is 0.159. The number of imidazole rings is 1. The smallest absolute Gasteiger partial charge is 0.125 e. The molecule has 4 heteroatoms. The molecule has 1 aliphatic rings. The van der Waals surface area contributed by atoms with Gasteiger partial charge < -0.3 is 9.47 Å². The fraction of sp³-hybridized carbons (Fsp3) is 0.562. The van der Waals surface area contributed by atoms with Crippen molar-refractivity contribution in [3.63, 3.8) is 0 Å². The number of benzene rings is 1. The van der Waals surface area contributed by atoms with Gasteiger partial charge in [0.2, 0.25) is 0 Å². The Hall–Kier alpha value is -1.06. The van der Waals surface area contributed by atoms with E-state index in [4.69, 9.17) is 16.6 Å². The van der Waals surface area contributed by atoms with Crippen LogP contribution in [-0.4, -0.2) is 34.6 Å². The van der Waals surface area contributed by atoms with Crippen LogP contribution < -0.4 is 0 Å². The van der Waals surface area contributed by atoms with E-state index in [0.717, 1.165) is 24.4 Å². The van der Waals surface area contributed by atoms with E-state index < -0.39 is 0 Å². The number of aryl methyl sites for hydroxylation is 1. The van der Waals surface area contributed by atoms with Crippen molar-refractivity contribution in [3.05, 3.63) is 29.6 Å². The quantitative estimate of drug-likeness (QED) is 0.789. The van der Waals surface area contributed by atoms with E-state index in [9.17, 15) is 0 Å². The first-order chi connectivity index (χ1) is 9.61. The van der Waals surface area contributed by atoms with Crippen molar-refractivity contribution in [3.8, 4) is 0 Å². The van der Waals surface area contributed by atoms with Gasteiger partial charge in [-0.05, 0) is 44.5 Å². The van der Waals surface area contributed by atoms with E-state index in [0.29, 0.717) is 17.8 Å². The maximum atomic E-state index is 6.16. The average molecular weight is 292 g/mol. The molecule has 1 aromatic heterocycles. The predicted molar refractivity (Wildman–Crippen MR) is 84.3 cm³/mol. The summed E-state index contributed by atoms with van der Waals surface area (Å²) in [6, 6.07) is 6.84. The summed E-state index contributed by atoms with van der Waals surface area (Å²) >= 11 is 6.16. The lowest BCUT2D eigenvalue weighted by Crippen LogP contribution is -2.38. The Morgan fingerprint density at radius 1 is 1.40 bits per heavy atom. The van der Waals surface area contributed by atoms with Crippen molar-refractivity contribution in [1.82, 2.24) is 14.5 Å². The SMILES string of the molecule is Cc1cccc2nc(CCl)n(C3CCN(C)CC3C)c12. The van der Waals surface area contributed by atoms with Crippen LogP contribution in [0.1, 0.15) is 30.8 Å². The molecule has 1 fully saturated rings. The largest absolute Gasteiger partial charge is 0.323 e. The fourth-order valence-electron chi connectivity index (χ4n) is 3.55. The second kappa shape index (κ2) is 5.38. The number of halogens is 1. The van der Waals surface area contributed by atoms with E-state index in [1.54, 1.807) is 0 Å². The number of aromatic nitrogens is 2. The highest BCUT2D eigenvalue weighted by Gasteiger charge is 2.29. The standard InChI is InChI=1S/C16H22ClN3/c1-11-5-4-6-13-16(11)20(15(9-17)18-13)14-7-8-19(3)10-12(14)2/h4-6,12,14H,7-10H2,1-3H3. The molecule has 0 radical (unpaired) electrons. The van der Waals surface area contributed by atoms with E-state index in [-0.39, 0.29) is 0 Å². The highest BCUT2D eigenvalue weighted by molar-refractivity contribution is 6.16. The summed E-state index contributed by atoms with van der Waals surface area (Å²) in [5.41, 5.74) is 3.63. The van der Waals surface area contributed by atoms with Crippen molar-refractivity contribution < 1.29 is 0 Å². The normalized spacial score (nSPS) is 24.4. The van der Waals surface area contributed by atoms with E-state index >= 15 is 0 Å². The molecular weight excluding hydrogens is 270 g/mol. The molecule has 108 valence electrons. The van der Waals surface area contributed by atoms with Crippen LogP contribution in [0.4, 0.5) is 0 Å². The minimum atomic E-state index is 0.479. The topological polar surface area (TPSA) is 21.1 Å². The highest BCUT2D eigenvalue weighted by Crippen LogP contribution is 2.33. The monoisotopic (exact) mass is 291 g/mol. The molecule has 3 rings (SSSR count). The molecule has 0 saturated carbocycles. The third kappa shape index (κ3) is 2.23. The summed E-state index contributed by atoms with van der Waals surface area (Å²) in [7, 11) is 2.20. The van der Waals surface area contributed by atoms with Gasteiger partial charge >= 0.3 is 0 Å². The Morgan fingerprint density at radius 3 is 2.90 bits per heavy atom. The van der Waals surface area contributed by atoms with Crippen LogP contribution in [0.3, 0.4) is 0 Å². The molecule has 0 bridgehead atoms. The molecule has 1 aromatic carbocycles. The molecule has 1 aliphatic heterocycles. The number of para-hydroxylation sites is 1. The highest BCUT2D eigenvalue weighted by atomic mass is 35.5. The fourth-order valence-corrected chi connectivity index (χ4v) is 3.73. The molecule has 1 saturated heterocycles. The number of alkyl halides is 1. The van der Waals surface area contributed by atoms with Gasteiger partial charge in [0.05, 0.1) is 16.9 Å². The molecule has 0 amide bonds. The number of fused-ring (bicyclic) bond motifs is 1. The summed E-state index contributed by atoms with van der Waals surface area (Å²) < 4.78 is 2.41. The van der Waals surface area contributed by atoms with Gasteiger partial charge in [-0.15, -0.1) is 11.6 Å². The number of piperidine rings is 1. The van der Waals surface area contributed by atoms with Crippen LogP contribution in [-0.2, 0) is 5.88 Å². The van der Waals surface area contributed by atoms with Crippen LogP contribution >= 0.6 is 11.6 Å². The third-order valence-corrected chi connectivity index (χ3v) is 4.74. The molecule has 20 heavy (non-hydrogen) atoms. The van der Waals surface area contributed by atoms with Gasteiger partial charge in [0.25, 0.3) is 0 Å². The molecular formula is C16H22ClN3. The first-order valence-electron chi connectivity index (χ1n) is 7.32. The van der Waals surface area contributed by atoms with E-state index in [2.05, 4.69) is 48.6 Å². The number of hydrogen-bond donors (Lipinski definition) is 0. The number of nitrogens with zero attached hydrogens (tertiary/aromatic N) is 3. The van der Waals surface area contributed by atoms with Crippen molar-refractivity contribution in [1.29, 1.82) is 0 Å². The predicted octanol–water partition coefficient (Wildman–Crippen LogP) is 3.60. The van der Waals surface area contributed by atoms with Gasteiger partial charge in [-0.2, -0.15) is 0 Å². The van der Waals surface area contributed by atoms with Crippen LogP contribution in [0, 0.1) is 12.8 Å². The zero-order valence-electron chi connectivity index (χ0n) is 12.4. The Morgan fingerprint density at radius 2 is 2.20 bits per heavy atom. The zero-order valence-corrected chi connectivity index (χ0v) is 13.2. The van der Waals surface area contributed by atoms with Gasteiger partial charge in [-0.25, -0.2) is 4.98 Å². The molecule has 2 unspecified atom stereocenters. The van der Waals surface area contributed by atoms with Gasteiger partial charge in [-0.1, -0.05) is 19.1 Å². The van der Waals surface area contributed by atoms with E-state index in [1.807, 2.05) is 0 Å². The second-order valence-electron chi connectivity index (χ2n) is 6.07. The van der Waals surface area contributed by atoms with Crippen LogP contribution in [0.2, 0.25) is 0 Å². The third-order valence-electron chi connectivity index (χ3n) is 4.50. The van der Waals surface area contributed by atoms with E-state index in [1.165, 1.54) is 17.5 Å². The molecule has 2 heterocycles. The summed E-state index contributed by atoms with van der Waals surface area (Å²) in [4.78, 5) is 7.15. The Labute approximate surface area is 125 Å². The van der Waals surface area contributed by atoms with Gasteiger partial charge in [0.15, 0.2) is 0 Å². The number of hydrogen-bond acceptors (Lipinski definition) is 2. The van der Waals surface area contributed by atoms with Crippen LogP contribution in [0.25, 0.3) is 11.0 Å². The van der Waals surface area contributed by atoms with Crippen LogP contribution in [0.15, 0.2) is 18.2 Å². The first kappa shape index (κ1) is 13.9. The van der Waals surface area contributed by atoms with Gasteiger partial charge in [0.1, 0.15) is 5.82 Å². The summed E-state index contributed by atoms with van der Waals surface area (Å²) in [6.07, 6.45) is 1.17. The first-order valence-corrected chi connectivity index (χ1v) is 7.86. The molecule has 2 atom stereocenters. The maximum Gasteiger partial charge on any atom is 0.125 e. The number of likely N-dealkylation sites (tertiary alicyclic amines) is 1. The lowest BCUT2D eigenvalue weighted by Gasteiger charge is -2.36. The lowest BCUT2D eigenvalue weighted by atomic mass is 9.93. The summed E-state index contributed by atoms with van der Waals surface area (Å²) in [6.45, 7) is 6.78. The van der Waals surface area contributed by atoms with Crippen molar-refractivity contribution in [2.75, 3.05) is 20.1 Å². The average Bonchev–Trinajstić information content (AvgIpc) is 2.79. The molecule has 0 spiro atoms. The summed E-state index contributed by atoms with van der Waals surface area (Å²) in [5, 5.41) is 0. The molecule has 3 nitrogen and oxygen atoms in total.